The molecule has 4 N–H and O–H groups in total. The van der Waals surface area contributed by atoms with Crippen LogP contribution in [-0.2, 0) is 22.4 Å². The molecule has 0 fully saturated rings. The molecule has 2 rings (SSSR count). The Bertz CT molecular complexity index is 783. The van der Waals surface area contributed by atoms with Crippen molar-refractivity contribution in [2.24, 2.45) is 11.7 Å². The van der Waals surface area contributed by atoms with Gasteiger partial charge in [0.05, 0.1) is 12.1 Å². The fourth-order valence-electron chi connectivity index (χ4n) is 3.06. The normalized spacial score (nSPS) is 12.7. The number of nitrogens with two attached hydrogens (primary N) is 1. The van der Waals surface area contributed by atoms with Gasteiger partial charge in [0.1, 0.15) is 0 Å². The van der Waals surface area contributed by atoms with Crippen molar-refractivity contribution >= 4 is 35.8 Å². The van der Waals surface area contributed by atoms with Crippen LogP contribution in [0.1, 0.15) is 31.4 Å². The number of carbonyl (C=O) groups excluding carboxylic acids is 2. The second kappa shape index (κ2) is 13.4. The minimum atomic E-state index is -0.802. The number of halogens is 2. The molecule has 0 heterocycles. The molecule has 0 aliphatic rings. The largest absolute Gasteiger partial charge is 0.320 e. The molecule has 0 aromatic heterocycles. The third kappa shape index (κ3) is 9.26. The molecule has 0 aliphatic carbocycles. The van der Waals surface area contributed by atoms with Crippen molar-refractivity contribution in [3.63, 3.8) is 0 Å². The van der Waals surface area contributed by atoms with Crippen LogP contribution in [0, 0.1) is 5.92 Å². The maximum Gasteiger partial charge on any atom is 0.243 e. The Balaban J connectivity index is 0.00000450. The molecule has 0 bridgehead atoms. The Morgan fingerprint density at radius 1 is 0.967 bits per heavy atom. The van der Waals surface area contributed by atoms with Crippen LogP contribution in [0.25, 0.3) is 0 Å². The number of benzene rings is 2. The van der Waals surface area contributed by atoms with Crippen molar-refractivity contribution in [1.29, 1.82) is 0 Å². The highest BCUT2D eigenvalue weighted by Crippen LogP contribution is 2.11. The molecule has 2 amide bonds. The monoisotopic (exact) mass is 451 g/mol. The summed E-state index contributed by atoms with van der Waals surface area (Å²) in [5, 5.41) is 6.38. The van der Waals surface area contributed by atoms with Gasteiger partial charge in [-0.2, -0.15) is 0 Å². The summed E-state index contributed by atoms with van der Waals surface area (Å²) in [4.78, 5) is 25.1. The Hall–Kier alpha value is -1.92. The van der Waals surface area contributed by atoms with Crippen LogP contribution in [0.2, 0.25) is 5.02 Å². The molecule has 0 unspecified atom stereocenters. The lowest BCUT2D eigenvalue weighted by Crippen LogP contribution is -2.52. The first-order valence-electron chi connectivity index (χ1n) is 9.97. The molecule has 0 radical (unpaired) electrons. The molecule has 30 heavy (non-hydrogen) atoms. The molecule has 0 saturated heterocycles. The van der Waals surface area contributed by atoms with Crippen LogP contribution in [0.3, 0.4) is 0 Å². The highest BCUT2D eigenvalue weighted by molar-refractivity contribution is 6.30. The van der Waals surface area contributed by atoms with Crippen LogP contribution in [0.5, 0.6) is 0 Å². The lowest BCUT2D eigenvalue weighted by molar-refractivity contribution is -0.132. The molecule has 2 aromatic rings. The predicted octanol–water partition coefficient (Wildman–Crippen LogP) is 3.52. The smallest absolute Gasteiger partial charge is 0.243 e. The first-order valence-corrected chi connectivity index (χ1v) is 10.3. The average molecular weight is 452 g/mol. The molecule has 0 saturated carbocycles. The fourth-order valence-corrected chi connectivity index (χ4v) is 3.18. The van der Waals surface area contributed by atoms with Gasteiger partial charge in [-0.25, -0.2) is 0 Å². The van der Waals surface area contributed by atoms with Gasteiger partial charge in [0, 0.05) is 5.02 Å². The van der Waals surface area contributed by atoms with Crippen LogP contribution in [0.15, 0.2) is 54.6 Å². The molecule has 7 heteroatoms. The van der Waals surface area contributed by atoms with Gasteiger partial charge < -0.3 is 11.1 Å². The summed E-state index contributed by atoms with van der Waals surface area (Å²) in [6.07, 6.45) is 1.79. The Morgan fingerprint density at radius 3 is 2.20 bits per heavy atom. The summed E-state index contributed by atoms with van der Waals surface area (Å²) in [6.45, 7) is 4.75. The van der Waals surface area contributed by atoms with Crippen LogP contribution in [-0.4, -0.2) is 30.4 Å². The molecular formula is C23H31Cl2N3O2. The van der Waals surface area contributed by atoms with Crippen molar-refractivity contribution in [3.05, 3.63) is 70.7 Å². The Morgan fingerprint density at radius 2 is 1.60 bits per heavy atom. The van der Waals surface area contributed by atoms with Crippen molar-refractivity contribution in [3.8, 4) is 0 Å². The quantitative estimate of drug-likeness (QED) is 0.515. The van der Waals surface area contributed by atoms with E-state index < -0.39 is 18.0 Å². The molecule has 164 valence electrons. The summed E-state index contributed by atoms with van der Waals surface area (Å²) >= 11 is 5.87. The van der Waals surface area contributed by atoms with E-state index in [2.05, 4.69) is 22.8 Å². The third-order valence-electron chi connectivity index (χ3n) is 4.62. The first kappa shape index (κ1) is 26.1. The lowest BCUT2D eigenvalue weighted by atomic mass is 10.0. The molecule has 5 nitrogen and oxygen atoms in total. The highest BCUT2D eigenvalue weighted by Gasteiger charge is 2.23. The second-order valence-corrected chi connectivity index (χ2v) is 8.10. The topological polar surface area (TPSA) is 84.2 Å². The van der Waals surface area contributed by atoms with Gasteiger partial charge in [0.25, 0.3) is 0 Å². The van der Waals surface area contributed by atoms with Gasteiger partial charge >= 0.3 is 0 Å². The van der Waals surface area contributed by atoms with Crippen LogP contribution < -0.4 is 16.4 Å². The average Bonchev–Trinajstić information content (AvgIpc) is 2.69. The van der Waals surface area contributed by atoms with Gasteiger partial charge in [-0.05, 0) is 55.0 Å². The molecule has 0 spiro atoms. The van der Waals surface area contributed by atoms with Gasteiger partial charge in [-0.1, -0.05) is 67.9 Å². The fraction of sp³-hybridized carbons (Fsp3) is 0.391. The molecule has 2 aromatic carbocycles. The summed E-state index contributed by atoms with van der Waals surface area (Å²) < 4.78 is 0. The number of amides is 2. The van der Waals surface area contributed by atoms with E-state index in [0.29, 0.717) is 30.3 Å². The van der Waals surface area contributed by atoms with Gasteiger partial charge in [0.15, 0.2) is 0 Å². The Kier molecular flexibility index (Phi) is 11.7. The zero-order chi connectivity index (χ0) is 21.2. The summed E-state index contributed by atoms with van der Waals surface area (Å²) in [6, 6.07) is 16.0. The summed E-state index contributed by atoms with van der Waals surface area (Å²) in [5.74, 6) is -0.486. The van der Waals surface area contributed by atoms with Gasteiger partial charge in [-0.15, -0.1) is 12.4 Å². The maximum absolute atomic E-state index is 12.7. The van der Waals surface area contributed by atoms with Crippen molar-refractivity contribution in [2.75, 3.05) is 6.54 Å². The Labute approximate surface area is 190 Å². The van der Waals surface area contributed by atoms with E-state index in [1.54, 1.807) is 12.1 Å². The molecule has 0 aliphatic heterocycles. The first-order chi connectivity index (χ1) is 13.8. The van der Waals surface area contributed by atoms with Crippen molar-refractivity contribution in [1.82, 2.24) is 10.6 Å². The number of rotatable bonds is 10. The van der Waals surface area contributed by atoms with E-state index in [1.807, 2.05) is 44.2 Å². The summed E-state index contributed by atoms with van der Waals surface area (Å²) in [7, 11) is 0. The van der Waals surface area contributed by atoms with Gasteiger partial charge in [-0.3, -0.25) is 14.9 Å². The summed E-state index contributed by atoms with van der Waals surface area (Å²) in [5.41, 5.74) is 8.09. The van der Waals surface area contributed by atoms with Crippen molar-refractivity contribution < 1.29 is 9.59 Å². The number of carbonyl (C=O) groups is 2. The van der Waals surface area contributed by atoms with Crippen LogP contribution >= 0.6 is 24.0 Å². The van der Waals surface area contributed by atoms with E-state index in [1.165, 1.54) is 5.56 Å². The van der Waals surface area contributed by atoms with E-state index in [4.69, 9.17) is 17.3 Å². The van der Waals surface area contributed by atoms with Crippen LogP contribution in [0.4, 0.5) is 0 Å². The number of imide groups is 1. The molecule has 2 atom stereocenters. The van der Waals surface area contributed by atoms with E-state index in [0.717, 1.165) is 12.0 Å². The van der Waals surface area contributed by atoms with Crippen molar-refractivity contribution in [2.45, 2.75) is 45.2 Å². The minimum absolute atomic E-state index is 0. The highest BCUT2D eigenvalue weighted by atomic mass is 35.5. The number of nitrogens with one attached hydrogen (secondary N) is 2. The number of hydrogen-bond acceptors (Lipinski definition) is 4. The van der Waals surface area contributed by atoms with Gasteiger partial charge in [0.2, 0.25) is 11.8 Å². The number of hydrogen-bond donors (Lipinski definition) is 3. The van der Waals surface area contributed by atoms with E-state index in [-0.39, 0.29) is 18.3 Å². The zero-order valence-electron chi connectivity index (χ0n) is 17.4. The second-order valence-electron chi connectivity index (χ2n) is 7.66. The SMILES string of the molecule is CC(C)C[C@H](NCCc1ccccc1)C(=O)NC(=O)[C@@H](N)Cc1ccc(Cl)cc1.Cl. The minimum Gasteiger partial charge on any atom is -0.320 e. The van der Waals surface area contributed by atoms with E-state index >= 15 is 0 Å². The lowest BCUT2D eigenvalue weighted by Gasteiger charge is -2.21. The third-order valence-corrected chi connectivity index (χ3v) is 4.87. The maximum atomic E-state index is 12.7. The van der Waals surface area contributed by atoms with E-state index in [9.17, 15) is 9.59 Å². The predicted molar refractivity (Wildman–Crippen MR) is 125 cm³/mol. The molecular weight excluding hydrogens is 421 g/mol. The standard InChI is InChI=1S/C23H30ClN3O2.ClH/c1-16(2)14-21(26-13-12-17-6-4-3-5-7-17)23(29)27-22(28)20(25)15-18-8-10-19(24)11-9-18;/h3-11,16,20-21,26H,12-15,25H2,1-2H3,(H,27,28,29);1H/t20-,21-;/m0./s1. The zero-order valence-corrected chi connectivity index (χ0v) is 19.0.